The summed E-state index contributed by atoms with van der Waals surface area (Å²) >= 11 is 7.03. The summed E-state index contributed by atoms with van der Waals surface area (Å²) in [5.41, 5.74) is 9.86. The van der Waals surface area contributed by atoms with Gasteiger partial charge in [-0.25, -0.2) is 5.53 Å². The van der Waals surface area contributed by atoms with Crippen molar-refractivity contribution in [3.05, 3.63) is 65.7 Å². The molecule has 1 N–H and O–H groups in total. The third-order valence-corrected chi connectivity index (χ3v) is 5.12. The fourth-order valence-corrected chi connectivity index (χ4v) is 3.48. The SMILES string of the molecule is CN1c2ccccc2C(C)(N=N)C1(Cl)c1ccccc1. The molecule has 2 atom stereocenters. The number of nitrogens with one attached hydrogen (secondary N) is 1. The van der Waals surface area contributed by atoms with Gasteiger partial charge in [0.25, 0.3) is 0 Å². The van der Waals surface area contributed by atoms with Crippen LogP contribution in [0.25, 0.3) is 0 Å². The Morgan fingerprint density at radius 3 is 2.30 bits per heavy atom. The van der Waals surface area contributed by atoms with Gasteiger partial charge >= 0.3 is 0 Å². The van der Waals surface area contributed by atoms with Gasteiger partial charge in [-0.05, 0) is 18.6 Å². The molecule has 0 spiro atoms. The molecule has 3 rings (SSSR count). The Kier molecular flexibility index (Phi) is 2.83. The Morgan fingerprint density at radius 2 is 1.65 bits per heavy atom. The minimum atomic E-state index is -0.889. The molecule has 0 bridgehead atoms. The van der Waals surface area contributed by atoms with Crippen molar-refractivity contribution in [2.24, 2.45) is 5.11 Å². The van der Waals surface area contributed by atoms with Crippen LogP contribution in [0.1, 0.15) is 18.1 Å². The van der Waals surface area contributed by atoms with Crippen LogP contribution in [0.2, 0.25) is 0 Å². The lowest BCUT2D eigenvalue weighted by molar-refractivity contribution is 0.347. The Labute approximate surface area is 123 Å². The zero-order chi connectivity index (χ0) is 14.4. The highest BCUT2D eigenvalue weighted by atomic mass is 35.5. The molecule has 1 heterocycles. The standard InChI is InChI=1S/C16H16ClN3/c1-15(19-18)13-10-6-7-11-14(13)20(2)16(15,17)12-8-4-3-5-9-12/h3-11,18H,1-2H3. The Morgan fingerprint density at radius 1 is 1.05 bits per heavy atom. The Hall–Kier alpha value is -1.87. The summed E-state index contributed by atoms with van der Waals surface area (Å²) in [6, 6.07) is 17.8. The molecule has 20 heavy (non-hydrogen) atoms. The molecule has 102 valence electrons. The first-order valence-corrected chi connectivity index (χ1v) is 6.90. The molecule has 2 unspecified atom stereocenters. The van der Waals surface area contributed by atoms with E-state index in [4.69, 9.17) is 17.1 Å². The minimum absolute atomic E-state index is 0.818. The maximum absolute atomic E-state index is 7.74. The monoisotopic (exact) mass is 285 g/mol. The van der Waals surface area contributed by atoms with Crippen molar-refractivity contribution in [1.82, 2.24) is 0 Å². The number of nitrogens with zero attached hydrogens (tertiary/aromatic N) is 2. The summed E-state index contributed by atoms with van der Waals surface area (Å²) in [6.45, 7) is 1.92. The van der Waals surface area contributed by atoms with Gasteiger partial charge in [0, 0.05) is 18.3 Å². The van der Waals surface area contributed by atoms with Gasteiger partial charge in [-0.3, -0.25) is 0 Å². The van der Waals surface area contributed by atoms with Crippen molar-refractivity contribution in [3.8, 4) is 0 Å². The summed E-state index contributed by atoms with van der Waals surface area (Å²) in [6.07, 6.45) is 0. The van der Waals surface area contributed by atoms with Gasteiger partial charge in [-0.1, -0.05) is 60.1 Å². The average molecular weight is 286 g/mol. The Bertz CT molecular complexity index is 658. The predicted octanol–water partition coefficient (Wildman–Crippen LogP) is 4.47. The molecule has 0 radical (unpaired) electrons. The van der Waals surface area contributed by atoms with Crippen LogP contribution in [0, 0.1) is 5.53 Å². The second kappa shape index (κ2) is 4.32. The van der Waals surface area contributed by atoms with E-state index < -0.39 is 10.5 Å². The zero-order valence-corrected chi connectivity index (χ0v) is 12.2. The van der Waals surface area contributed by atoms with Crippen LogP contribution in [-0.4, -0.2) is 7.05 Å². The molecule has 1 aliphatic heterocycles. The summed E-state index contributed by atoms with van der Waals surface area (Å²) in [5.74, 6) is 0. The predicted molar refractivity (Wildman–Crippen MR) is 81.3 cm³/mol. The summed E-state index contributed by atoms with van der Waals surface area (Å²) in [5, 5.41) is 3.92. The van der Waals surface area contributed by atoms with Crippen LogP contribution >= 0.6 is 11.6 Å². The minimum Gasteiger partial charge on any atom is -0.350 e. The van der Waals surface area contributed by atoms with Crippen LogP contribution in [0.15, 0.2) is 59.7 Å². The highest BCUT2D eigenvalue weighted by molar-refractivity contribution is 6.27. The summed E-state index contributed by atoms with van der Waals surface area (Å²) in [7, 11) is 1.95. The lowest BCUT2D eigenvalue weighted by Gasteiger charge is -2.40. The molecule has 4 heteroatoms. The second-order valence-electron chi connectivity index (χ2n) is 5.25. The van der Waals surface area contributed by atoms with Gasteiger partial charge in [0.05, 0.1) is 0 Å². The normalized spacial score (nSPS) is 28.2. The topological polar surface area (TPSA) is 39.5 Å². The van der Waals surface area contributed by atoms with Crippen LogP contribution < -0.4 is 4.90 Å². The molecule has 1 aliphatic rings. The Balaban J connectivity index is 2.30. The smallest absolute Gasteiger partial charge is 0.171 e. The van der Waals surface area contributed by atoms with E-state index >= 15 is 0 Å². The van der Waals surface area contributed by atoms with Crippen LogP contribution in [0.3, 0.4) is 0 Å². The average Bonchev–Trinajstić information content (AvgIpc) is 2.69. The number of hydrogen-bond donors (Lipinski definition) is 1. The maximum atomic E-state index is 7.74. The van der Waals surface area contributed by atoms with Crippen LogP contribution in [0.5, 0.6) is 0 Å². The number of rotatable bonds is 2. The number of alkyl halides is 1. The molecule has 0 saturated carbocycles. The van der Waals surface area contributed by atoms with Gasteiger partial charge in [-0.2, -0.15) is 5.11 Å². The number of likely N-dealkylation sites (N-methyl/N-ethyl adjacent to an activating group) is 1. The van der Waals surface area contributed by atoms with Gasteiger partial charge in [0.2, 0.25) is 0 Å². The fourth-order valence-electron chi connectivity index (χ4n) is 3.12. The van der Waals surface area contributed by atoms with E-state index in [0.29, 0.717) is 0 Å². The van der Waals surface area contributed by atoms with Crippen molar-refractivity contribution in [2.75, 3.05) is 11.9 Å². The molecule has 0 aliphatic carbocycles. The quantitative estimate of drug-likeness (QED) is 0.493. The highest BCUT2D eigenvalue weighted by Gasteiger charge is 2.59. The number of fused-ring (bicyclic) bond motifs is 1. The van der Waals surface area contributed by atoms with Gasteiger partial charge in [0.1, 0.15) is 5.54 Å². The molecule has 0 saturated heterocycles. The fraction of sp³-hybridized carbons (Fsp3) is 0.250. The number of benzene rings is 2. The van der Waals surface area contributed by atoms with E-state index in [1.165, 1.54) is 0 Å². The lowest BCUT2D eigenvalue weighted by atomic mass is 9.84. The third-order valence-electron chi connectivity index (χ3n) is 4.28. The molecule has 2 aromatic carbocycles. The molecular weight excluding hydrogens is 270 g/mol. The number of anilines is 1. The van der Waals surface area contributed by atoms with E-state index in [2.05, 4.69) is 5.11 Å². The highest BCUT2D eigenvalue weighted by Crippen LogP contribution is 2.59. The second-order valence-corrected chi connectivity index (χ2v) is 5.80. The van der Waals surface area contributed by atoms with Crippen molar-refractivity contribution < 1.29 is 0 Å². The van der Waals surface area contributed by atoms with E-state index in [-0.39, 0.29) is 0 Å². The van der Waals surface area contributed by atoms with Crippen LogP contribution in [0.4, 0.5) is 5.69 Å². The van der Waals surface area contributed by atoms with Gasteiger partial charge in [-0.15, -0.1) is 0 Å². The molecule has 3 nitrogen and oxygen atoms in total. The zero-order valence-electron chi connectivity index (χ0n) is 11.5. The van der Waals surface area contributed by atoms with Crippen molar-refractivity contribution >= 4 is 17.3 Å². The van der Waals surface area contributed by atoms with E-state index in [1.807, 2.05) is 73.5 Å². The van der Waals surface area contributed by atoms with E-state index in [9.17, 15) is 0 Å². The first kappa shape index (κ1) is 13.1. The third kappa shape index (κ3) is 1.41. The molecule has 0 aromatic heterocycles. The van der Waals surface area contributed by atoms with Gasteiger partial charge in [0.15, 0.2) is 5.00 Å². The number of para-hydroxylation sites is 1. The maximum Gasteiger partial charge on any atom is 0.171 e. The largest absolute Gasteiger partial charge is 0.350 e. The molecule has 0 fully saturated rings. The molecular formula is C16H16ClN3. The van der Waals surface area contributed by atoms with E-state index in [0.717, 1.165) is 16.8 Å². The van der Waals surface area contributed by atoms with Crippen molar-refractivity contribution in [2.45, 2.75) is 17.5 Å². The van der Waals surface area contributed by atoms with Crippen molar-refractivity contribution in [1.29, 1.82) is 5.53 Å². The van der Waals surface area contributed by atoms with Crippen LogP contribution in [-0.2, 0) is 10.5 Å². The lowest BCUT2D eigenvalue weighted by Crippen LogP contribution is -2.47. The first-order chi connectivity index (χ1) is 9.55. The first-order valence-electron chi connectivity index (χ1n) is 6.52. The summed E-state index contributed by atoms with van der Waals surface area (Å²) in [4.78, 5) is 1.12. The number of hydrogen-bond acceptors (Lipinski definition) is 3. The number of halogens is 1. The van der Waals surface area contributed by atoms with Gasteiger partial charge < -0.3 is 4.90 Å². The molecule has 0 amide bonds. The molecule has 2 aromatic rings. The van der Waals surface area contributed by atoms with Crippen molar-refractivity contribution in [3.63, 3.8) is 0 Å². The summed E-state index contributed by atoms with van der Waals surface area (Å²) < 4.78 is 0. The van der Waals surface area contributed by atoms with E-state index in [1.54, 1.807) is 0 Å².